The van der Waals surface area contributed by atoms with Crippen molar-refractivity contribution in [1.82, 2.24) is 9.62 Å². The molecule has 3 heterocycles. The van der Waals surface area contributed by atoms with Crippen molar-refractivity contribution < 1.29 is 13.2 Å². The van der Waals surface area contributed by atoms with Crippen LogP contribution in [0.4, 0.5) is 0 Å². The van der Waals surface area contributed by atoms with Crippen LogP contribution < -0.4 is 5.32 Å². The first kappa shape index (κ1) is 15.5. The van der Waals surface area contributed by atoms with E-state index >= 15 is 0 Å². The first-order valence-corrected chi connectivity index (χ1v) is 8.40. The van der Waals surface area contributed by atoms with Crippen molar-refractivity contribution in [2.24, 2.45) is 5.41 Å². The molecular weight excluding hydrogens is 288 g/mol. The Kier molecular flexibility index (Phi) is 4.78. The Labute approximate surface area is 121 Å². The fourth-order valence-corrected chi connectivity index (χ4v) is 5.37. The van der Waals surface area contributed by atoms with Crippen LogP contribution in [0.3, 0.4) is 0 Å². The van der Waals surface area contributed by atoms with Gasteiger partial charge in [0.15, 0.2) is 0 Å². The summed E-state index contributed by atoms with van der Waals surface area (Å²) < 4.78 is 32.2. The van der Waals surface area contributed by atoms with Crippen molar-refractivity contribution in [3.05, 3.63) is 0 Å². The molecule has 3 saturated heterocycles. The molecule has 0 radical (unpaired) electrons. The predicted octanol–water partition coefficient (Wildman–Crippen LogP) is 0.602. The lowest BCUT2D eigenvalue weighted by Gasteiger charge is -2.28. The fourth-order valence-electron chi connectivity index (χ4n) is 3.41. The molecule has 3 fully saturated rings. The highest BCUT2D eigenvalue weighted by molar-refractivity contribution is 7.89. The van der Waals surface area contributed by atoms with E-state index in [1.54, 1.807) is 4.31 Å². The van der Waals surface area contributed by atoms with Crippen molar-refractivity contribution in [1.29, 1.82) is 0 Å². The summed E-state index contributed by atoms with van der Waals surface area (Å²) in [6.07, 6.45) is 3.74. The normalized spacial score (nSPS) is 36.5. The van der Waals surface area contributed by atoms with Gasteiger partial charge in [-0.2, -0.15) is 0 Å². The first-order chi connectivity index (χ1) is 8.62. The van der Waals surface area contributed by atoms with Gasteiger partial charge in [-0.3, -0.25) is 0 Å². The van der Waals surface area contributed by atoms with Crippen molar-refractivity contribution in [2.45, 2.75) is 30.9 Å². The lowest BCUT2D eigenvalue weighted by Crippen LogP contribution is -2.42. The number of rotatable bonds is 2. The van der Waals surface area contributed by atoms with Gasteiger partial charge < -0.3 is 10.1 Å². The summed E-state index contributed by atoms with van der Waals surface area (Å²) in [6.45, 7) is 4.49. The molecule has 5 nitrogen and oxygen atoms in total. The average molecular weight is 311 g/mol. The summed E-state index contributed by atoms with van der Waals surface area (Å²) >= 11 is 0. The zero-order chi connectivity index (χ0) is 12.6. The largest absolute Gasteiger partial charge is 0.380 e. The molecule has 3 aliphatic heterocycles. The molecule has 0 amide bonds. The fraction of sp³-hybridized carbons (Fsp3) is 1.00. The van der Waals surface area contributed by atoms with E-state index in [1.165, 1.54) is 0 Å². The van der Waals surface area contributed by atoms with Crippen LogP contribution in [0.25, 0.3) is 0 Å². The highest BCUT2D eigenvalue weighted by Crippen LogP contribution is 2.38. The van der Waals surface area contributed by atoms with Crippen LogP contribution in [0.2, 0.25) is 0 Å². The van der Waals surface area contributed by atoms with Crippen molar-refractivity contribution in [2.75, 3.05) is 39.4 Å². The van der Waals surface area contributed by atoms with Crippen LogP contribution in [-0.2, 0) is 14.8 Å². The van der Waals surface area contributed by atoms with E-state index < -0.39 is 10.0 Å². The van der Waals surface area contributed by atoms with Crippen LogP contribution in [-0.4, -0.2) is 57.4 Å². The van der Waals surface area contributed by atoms with E-state index in [2.05, 4.69) is 5.32 Å². The third kappa shape index (κ3) is 2.93. The van der Waals surface area contributed by atoms with E-state index in [-0.39, 0.29) is 23.1 Å². The minimum atomic E-state index is -3.14. The highest BCUT2D eigenvalue weighted by atomic mass is 35.5. The smallest absolute Gasteiger partial charge is 0.219 e. The molecule has 0 aliphatic carbocycles. The van der Waals surface area contributed by atoms with Crippen LogP contribution in [0, 0.1) is 5.41 Å². The van der Waals surface area contributed by atoms with Crippen molar-refractivity contribution in [3.8, 4) is 0 Å². The average Bonchev–Trinajstić information content (AvgIpc) is 3.02. The third-order valence-electron chi connectivity index (χ3n) is 4.64. The standard InChI is InChI=1S/C12H22N2O3S.ClH/c15-18(16,11-2-1-7-17-8-11)14-6-4-12(10-14)3-5-13-9-12;/h11,13H,1-10H2;1H. The second-order valence-electron chi connectivity index (χ2n) is 5.89. The highest BCUT2D eigenvalue weighted by Gasteiger charge is 2.46. The summed E-state index contributed by atoms with van der Waals surface area (Å²) in [5, 5.41) is 3.05. The lowest BCUT2D eigenvalue weighted by molar-refractivity contribution is 0.0976. The third-order valence-corrected chi connectivity index (χ3v) is 6.88. The van der Waals surface area contributed by atoms with Gasteiger partial charge in [-0.25, -0.2) is 12.7 Å². The second kappa shape index (κ2) is 5.85. The molecule has 0 aromatic carbocycles. The summed E-state index contributed by atoms with van der Waals surface area (Å²) in [5.41, 5.74) is 0.211. The molecule has 2 atom stereocenters. The van der Waals surface area contributed by atoms with E-state index in [1.807, 2.05) is 0 Å². The maximum Gasteiger partial charge on any atom is 0.219 e. The molecule has 0 aromatic rings. The van der Waals surface area contributed by atoms with E-state index in [9.17, 15) is 8.42 Å². The van der Waals surface area contributed by atoms with Gasteiger partial charge in [-0.15, -0.1) is 12.4 Å². The molecular formula is C12H23ClN2O3S. The Balaban J connectivity index is 0.00000133. The van der Waals surface area contributed by atoms with Crippen LogP contribution >= 0.6 is 12.4 Å². The number of sulfonamides is 1. The van der Waals surface area contributed by atoms with Gasteiger partial charge in [0.05, 0.1) is 11.9 Å². The summed E-state index contributed by atoms with van der Waals surface area (Å²) in [6, 6.07) is 0. The Morgan fingerprint density at radius 2 is 2.16 bits per heavy atom. The van der Waals surface area contributed by atoms with Gasteiger partial charge in [-0.1, -0.05) is 0 Å². The first-order valence-electron chi connectivity index (χ1n) is 6.90. The van der Waals surface area contributed by atoms with Crippen LogP contribution in [0.5, 0.6) is 0 Å². The van der Waals surface area contributed by atoms with Gasteiger partial charge in [0.25, 0.3) is 0 Å². The summed E-state index contributed by atoms with van der Waals surface area (Å²) in [4.78, 5) is 0. The van der Waals surface area contributed by atoms with E-state index in [0.29, 0.717) is 26.3 Å². The SMILES string of the molecule is Cl.O=S(=O)(C1CCCOC1)N1CCC2(CCNC2)C1. The molecule has 1 spiro atoms. The number of nitrogens with one attached hydrogen (secondary N) is 1. The van der Waals surface area contributed by atoms with Crippen LogP contribution in [0.1, 0.15) is 25.7 Å². The summed E-state index contributed by atoms with van der Waals surface area (Å²) in [7, 11) is -3.14. The number of halogens is 1. The monoisotopic (exact) mass is 310 g/mol. The zero-order valence-corrected chi connectivity index (χ0v) is 12.8. The number of hydrogen-bond acceptors (Lipinski definition) is 4. The molecule has 7 heteroatoms. The van der Waals surface area contributed by atoms with Crippen molar-refractivity contribution in [3.63, 3.8) is 0 Å². The minimum Gasteiger partial charge on any atom is -0.380 e. The number of ether oxygens (including phenoxy) is 1. The zero-order valence-electron chi connectivity index (χ0n) is 11.1. The Hall–Kier alpha value is 0.120. The molecule has 3 rings (SSSR count). The molecule has 3 aliphatic rings. The minimum absolute atomic E-state index is 0. The number of hydrogen-bond donors (Lipinski definition) is 1. The van der Waals surface area contributed by atoms with E-state index in [4.69, 9.17) is 4.74 Å². The molecule has 2 unspecified atom stereocenters. The Bertz CT molecular complexity index is 403. The quantitative estimate of drug-likeness (QED) is 0.811. The molecule has 112 valence electrons. The van der Waals surface area contributed by atoms with Crippen molar-refractivity contribution >= 4 is 22.4 Å². The van der Waals surface area contributed by atoms with Gasteiger partial charge in [0.2, 0.25) is 10.0 Å². The van der Waals surface area contributed by atoms with Gasteiger partial charge in [0, 0.05) is 26.2 Å². The molecule has 0 saturated carbocycles. The molecule has 0 bridgehead atoms. The van der Waals surface area contributed by atoms with Gasteiger partial charge in [0.1, 0.15) is 0 Å². The molecule has 1 N–H and O–H groups in total. The van der Waals surface area contributed by atoms with E-state index in [0.717, 1.165) is 38.8 Å². The van der Waals surface area contributed by atoms with Gasteiger partial charge in [-0.05, 0) is 37.6 Å². The molecule has 19 heavy (non-hydrogen) atoms. The number of nitrogens with zero attached hydrogens (tertiary/aromatic N) is 1. The lowest BCUT2D eigenvalue weighted by atomic mass is 9.87. The topological polar surface area (TPSA) is 58.6 Å². The second-order valence-corrected chi connectivity index (χ2v) is 8.11. The maximum atomic E-state index is 12.6. The predicted molar refractivity (Wildman–Crippen MR) is 76.1 cm³/mol. The Morgan fingerprint density at radius 3 is 2.79 bits per heavy atom. The van der Waals surface area contributed by atoms with Gasteiger partial charge >= 0.3 is 0 Å². The molecule has 0 aromatic heterocycles. The Morgan fingerprint density at radius 1 is 1.32 bits per heavy atom. The van der Waals surface area contributed by atoms with Crippen LogP contribution in [0.15, 0.2) is 0 Å². The maximum absolute atomic E-state index is 12.6. The summed E-state index contributed by atoms with van der Waals surface area (Å²) in [5.74, 6) is 0.